The first-order valence-corrected chi connectivity index (χ1v) is 6.35. The minimum atomic E-state index is -0.407. The second-order valence-electron chi connectivity index (χ2n) is 7.00. The molecule has 3 heteroatoms. The Labute approximate surface area is 107 Å². The van der Waals surface area contributed by atoms with Crippen LogP contribution >= 0.6 is 0 Å². The molecule has 0 bridgehead atoms. The van der Waals surface area contributed by atoms with E-state index in [9.17, 15) is 4.79 Å². The van der Waals surface area contributed by atoms with Gasteiger partial charge < -0.3 is 4.74 Å². The molecule has 0 heterocycles. The van der Waals surface area contributed by atoms with Gasteiger partial charge in [-0.1, -0.05) is 20.8 Å². The monoisotopic (exact) mass is 243 g/mol. The molecular formula is C14H29NO2. The molecular weight excluding hydrogens is 214 g/mol. The van der Waals surface area contributed by atoms with Crippen molar-refractivity contribution in [3.63, 3.8) is 0 Å². The summed E-state index contributed by atoms with van der Waals surface area (Å²) in [7, 11) is 1.97. The van der Waals surface area contributed by atoms with Gasteiger partial charge in [0.1, 0.15) is 11.6 Å². The van der Waals surface area contributed by atoms with Gasteiger partial charge in [-0.25, -0.2) is 0 Å². The van der Waals surface area contributed by atoms with E-state index in [4.69, 9.17) is 4.74 Å². The average molecular weight is 243 g/mol. The Balaban J connectivity index is 4.21. The quantitative estimate of drug-likeness (QED) is 0.711. The molecule has 0 saturated carbocycles. The predicted octanol–water partition coefficient (Wildman–Crippen LogP) is 3.08. The highest BCUT2D eigenvalue weighted by Gasteiger charge is 2.25. The lowest BCUT2D eigenvalue weighted by Crippen LogP contribution is -2.41. The van der Waals surface area contributed by atoms with Crippen molar-refractivity contribution in [2.24, 2.45) is 5.41 Å². The zero-order chi connectivity index (χ0) is 13.9. The Kier molecular flexibility index (Phi) is 5.66. The van der Waals surface area contributed by atoms with Crippen molar-refractivity contribution in [1.82, 2.24) is 4.90 Å². The Morgan fingerprint density at radius 2 is 1.65 bits per heavy atom. The fourth-order valence-electron chi connectivity index (χ4n) is 1.27. The molecule has 0 spiro atoms. The average Bonchev–Trinajstić information content (AvgIpc) is 2.08. The third-order valence-corrected chi connectivity index (χ3v) is 2.62. The Bertz CT molecular complexity index is 248. The first kappa shape index (κ1) is 16.4. The van der Waals surface area contributed by atoms with E-state index in [1.807, 2.05) is 34.7 Å². The topological polar surface area (TPSA) is 29.5 Å². The number of carbonyl (C=O) groups is 1. The predicted molar refractivity (Wildman–Crippen MR) is 72.0 cm³/mol. The van der Waals surface area contributed by atoms with Crippen LogP contribution in [0.3, 0.4) is 0 Å². The fourth-order valence-corrected chi connectivity index (χ4v) is 1.27. The largest absolute Gasteiger partial charge is 0.459 e. The van der Waals surface area contributed by atoms with Crippen LogP contribution in [0.1, 0.15) is 54.9 Å². The molecule has 0 aromatic carbocycles. The third kappa shape index (κ3) is 8.19. The highest BCUT2D eigenvalue weighted by atomic mass is 16.6. The molecule has 0 N–H and O–H groups in total. The number of rotatable bonds is 4. The molecule has 0 rings (SSSR count). The first-order valence-electron chi connectivity index (χ1n) is 6.35. The van der Waals surface area contributed by atoms with Crippen molar-refractivity contribution in [2.45, 2.75) is 66.5 Å². The van der Waals surface area contributed by atoms with Crippen molar-refractivity contribution in [3.8, 4) is 0 Å². The van der Waals surface area contributed by atoms with Crippen molar-refractivity contribution in [3.05, 3.63) is 0 Å². The van der Waals surface area contributed by atoms with E-state index >= 15 is 0 Å². The van der Waals surface area contributed by atoms with E-state index in [1.54, 1.807) is 0 Å². The molecule has 3 nitrogen and oxygen atoms in total. The number of likely N-dealkylation sites (N-methyl/N-ethyl adjacent to an activating group) is 1. The molecule has 1 unspecified atom stereocenters. The summed E-state index contributed by atoms with van der Waals surface area (Å²) in [6, 6.07) is -0.184. The summed E-state index contributed by atoms with van der Waals surface area (Å²) >= 11 is 0. The smallest absolute Gasteiger partial charge is 0.323 e. The van der Waals surface area contributed by atoms with E-state index in [1.165, 1.54) is 0 Å². The van der Waals surface area contributed by atoms with E-state index in [2.05, 4.69) is 25.7 Å². The minimum Gasteiger partial charge on any atom is -0.459 e. The van der Waals surface area contributed by atoms with Crippen LogP contribution in [-0.4, -0.2) is 36.1 Å². The summed E-state index contributed by atoms with van der Waals surface area (Å²) in [4.78, 5) is 13.9. The molecule has 1 atom stereocenters. The maximum Gasteiger partial charge on any atom is 0.323 e. The normalized spacial score (nSPS) is 14.9. The van der Waals surface area contributed by atoms with Gasteiger partial charge in [-0.15, -0.1) is 0 Å². The lowest BCUT2D eigenvalue weighted by Gasteiger charge is -2.29. The van der Waals surface area contributed by atoms with Gasteiger partial charge >= 0.3 is 5.97 Å². The molecule has 102 valence electrons. The Hall–Kier alpha value is -0.570. The number of esters is 1. The summed E-state index contributed by atoms with van der Waals surface area (Å²) in [5, 5.41) is 0. The Morgan fingerprint density at radius 3 is 2.00 bits per heavy atom. The maximum atomic E-state index is 11.9. The van der Waals surface area contributed by atoms with Gasteiger partial charge in [0.2, 0.25) is 0 Å². The van der Waals surface area contributed by atoms with Gasteiger partial charge in [-0.3, -0.25) is 9.69 Å². The fraction of sp³-hybridized carbons (Fsp3) is 0.929. The highest BCUT2D eigenvalue weighted by Crippen LogP contribution is 2.19. The molecule has 0 saturated heterocycles. The van der Waals surface area contributed by atoms with Gasteiger partial charge in [-0.2, -0.15) is 0 Å². The van der Waals surface area contributed by atoms with E-state index < -0.39 is 5.60 Å². The second-order valence-corrected chi connectivity index (χ2v) is 7.00. The summed E-state index contributed by atoms with van der Waals surface area (Å²) in [5.74, 6) is -0.145. The van der Waals surface area contributed by atoms with Crippen molar-refractivity contribution >= 4 is 5.97 Å². The zero-order valence-corrected chi connectivity index (χ0v) is 12.8. The number of hydrogen-bond acceptors (Lipinski definition) is 3. The van der Waals surface area contributed by atoms with Crippen LogP contribution < -0.4 is 0 Å². The molecule has 0 amide bonds. The SMILES string of the molecule is CC(C(=O)OC(C)(C)C)N(C)CCC(C)(C)C. The van der Waals surface area contributed by atoms with Crippen molar-refractivity contribution in [1.29, 1.82) is 0 Å². The van der Waals surface area contributed by atoms with Crippen molar-refractivity contribution < 1.29 is 9.53 Å². The summed E-state index contributed by atoms with van der Waals surface area (Å²) in [6.07, 6.45) is 1.07. The second kappa shape index (κ2) is 5.85. The lowest BCUT2D eigenvalue weighted by atomic mass is 9.92. The molecule has 0 aliphatic heterocycles. The zero-order valence-electron chi connectivity index (χ0n) is 12.8. The van der Waals surface area contributed by atoms with Gasteiger partial charge in [0.05, 0.1) is 0 Å². The van der Waals surface area contributed by atoms with Crippen molar-refractivity contribution in [2.75, 3.05) is 13.6 Å². The number of nitrogens with zero attached hydrogens (tertiary/aromatic N) is 1. The molecule has 0 aromatic heterocycles. The summed E-state index contributed by atoms with van der Waals surface area (Å²) in [6.45, 7) is 15.1. The number of ether oxygens (including phenoxy) is 1. The molecule has 0 aromatic rings. The first-order chi connectivity index (χ1) is 7.42. The maximum absolute atomic E-state index is 11.9. The van der Waals surface area contributed by atoms with E-state index in [-0.39, 0.29) is 12.0 Å². The molecule has 0 radical (unpaired) electrons. The standard InChI is InChI=1S/C14H29NO2/c1-11(12(16)17-14(5,6)7)15(8)10-9-13(2,3)4/h11H,9-10H2,1-8H3. The summed E-state index contributed by atoms with van der Waals surface area (Å²) in [5.41, 5.74) is -0.113. The van der Waals surface area contributed by atoms with Gasteiger partial charge in [-0.05, 0) is 53.1 Å². The van der Waals surface area contributed by atoms with Crippen LogP contribution in [0.2, 0.25) is 0 Å². The minimum absolute atomic E-state index is 0.145. The Morgan fingerprint density at radius 1 is 1.18 bits per heavy atom. The number of hydrogen-bond donors (Lipinski definition) is 0. The van der Waals surface area contributed by atoms with E-state index in [0.29, 0.717) is 5.41 Å². The van der Waals surface area contributed by atoms with Crippen LogP contribution in [0.15, 0.2) is 0 Å². The molecule has 0 aliphatic carbocycles. The summed E-state index contributed by atoms with van der Waals surface area (Å²) < 4.78 is 5.37. The third-order valence-electron chi connectivity index (χ3n) is 2.62. The van der Waals surface area contributed by atoms with Crippen LogP contribution in [-0.2, 0) is 9.53 Å². The number of carbonyl (C=O) groups excluding carboxylic acids is 1. The van der Waals surface area contributed by atoms with Gasteiger partial charge in [0, 0.05) is 0 Å². The molecule has 0 fully saturated rings. The van der Waals surface area contributed by atoms with Crippen LogP contribution in [0, 0.1) is 5.41 Å². The highest BCUT2D eigenvalue weighted by molar-refractivity contribution is 5.75. The molecule has 17 heavy (non-hydrogen) atoms. The van der Waals surface area contributed by atoms with Gasteiger partial charge in [0.25, 0.3) is 0 Å². The molecule has 0 aliphatic rings. The van der Waals surface area contributed by atoms with E-state index in [0.717, 1.165) is 13.0 Å². The lowest BCUT2D eigenvalue weighted by molar-refractivity contribution is -0.160. The van der Waals surface area contributed by atoms with Crippen LogP contribution in [0.5, 0.6) is 0 Å². The van der Waals surface area contributed by atoms with Gasteiger partial charge in [0.15, 0.2) is 0 Å². The van der Waals surface area contributed by atoms with Crippen LogP contribution in [0.4, 0.5) is 0 Å². The van der Waals surface area contributed by atoms with Crippen LogP contribution in [0.25, 0.3) is 0 Å².